The Hall–Kier alpha value is -1.21. The van der Waals surface area contributed by atoms with E-state index in [2.05, 4.69) is 10.0 Å². The van der Waals surface area contributed by atoms with Crippen LogP contribution in [0.2, 0.25) is 0 Å². The maximum Gasteiger partial charge on any atom is 0.240 e. The van der Waals surface area contributed by atoms with Gasteiger partial charge in [0.1, 0.15) is 0 Å². The summed E-state index contributed by atoms with van der Waals surface area (Å²) in [6, 6.07) is 8.85. The zero-order valence-electron chi connectivity index (χ0n) is 10.6. The number of thiophene rings is 1. The third kappa shape index (κ3) is 3.87. The van der Waals surface area contributed by atoms with Crippen LogP contribution in [0, 0.1) is 0 Å². The average molecular weight is 296 g/mol. The summed E-state index contributed by atoms with van der Waals surface area (Å²) in [5.74, 6) is 0. The van der Waals surface area contributed by atoms with Gasteiger partial charge in [-0.15, -0.1) is 0 Å². The molecule has 1 aromatic carbocycles. The fourth-order valence-corrected chi connectivity index (χ4v) is 3.44. The molecule has 2 aromatic rings. The van der Waals surface area contributed by atoms with E-state index >= 15 is 0 Å². The van der Waals surface area contributed by atoms with Crippen LogP contribution in [0.5, 0.6) is 0 Å². The van der Waals surface area contributed by atoms with Gasteiger partial charge in [0.25, 0.3) is 0 Å². The second-order valence-corrected chi connectivity index (χ2v) is 6.68. The number of nitrogens with one attached hydrogen (secondary N) is 2. The molecule has 0 radical (unpaired) electrons. The quantitative estimate of drug-likeness (QED) is 0.856. The fourth-order valence-electron chi connectivity index (χ4n) is 1.68. The lowest BCUT2D eigenvalue weighted by Gasteiger charge is -2.07. The first kappa shape index (κ1) is 14.2. The Labute approximate surface area is 117 Å². The predicted molar refractivity (Wildman–Crippen MR) is 77.6 cm³/mol. The Morgan fingerprint density at radius 3 is 2.68 bits per heavy atom. The topological polar surface area (TPSA) is 58.2 Å². The van der Waals surface area contributed by atoms with Crippen molar-refractivity contribution in [2.75, 3.05) is 7.05 Å². The van der Waals surface area contributed by atoms with Crippen LogP contribution in [-0.2, 0) is 23.1 Å². The second-order valence-electron chi connectivity index (χ2n) is 4.13. The predicted octanol–water partition coefficient (Wildman–Crippen LogP) is 1.95. The highest BCUT2D eigenvalue weighted by Crippen LogP contribution is 2.13. The first-order valence-electron chi connectivity index (χ1n) is 5.86. The minimum Gasteiger partial charge on any atom is -0.316 e. The second kappa shape index (κ2) is 6.29. The molecule has 2 rings (SSSR count). The van der Waals surface area contributed by atoms with E-state index in [1.807, 2.05) is 29.9 Å². The molecule has 0 saturated carbocycles. The van der Waals surface area contributed by atoms with Gasteiger partial charge in [-0.25, -0.2) is 13.1 Å². The van der Waals surface area contributed by atoms with E-state index in [0.29, 0.717) is 18.0 Å². The number of hydrogen-bond acceptors (Lipinski definition) is 4. The highest BCUT2D eigenvalue weighted by molar-refractivity contribution is 7.89. The van der Waals surface area contributed by atoms with Crippen LogP contribution in [-0.4, -0.2) is 15.5 Å². The zero-order valence-corrected chi connectivity index (χ0v) is 12.2. The van der Waals surface area contributed by atoms with E-state index < -0.39 is 10.0 Å². The van der Waals surface area contributed by atoms with Crippen LogP contribution in [0.25, 0.3) is 0 Å². The summed E-state index contributed by atoms with van der Waals surface area (Å²) in [7, 11) is -1.62. The Bertz CT molecular complexity index is 622. The molecule has 0 aliphatic heterocycles. The Morgan fingerprint density at radius 1 is 1.16 bits per heavy atom. The minimum absolute atomic E-state index is 0.301. The molecule has 0 amide bonds. The largest absolute Gasteiger partial charge is 0.316 e. The van der Waals surface area contributed by atoms with Gasteiger partial charge in [-0.1, -0.05) is 12.1 Å². The Kier molecular flexibility index (Phi) is 4.71. The van der Waals surface area contributed by atoms with Crippen molar-refractivity contribution in [3.8, 4) is 0 Å². The van der Waals surface area contributed by atoms with Crippen molar-refractivity contribution >= 4 is 21.4 Å². The molecule has 0 fully saturated rings. The molecule has 4 nitrogen and oxygen atoms in total. The number of sulfonamides is 1. The Morgan fingerprint density at radius 2 is 2.00 bits per heavy atom. The van der Waals surface area contributed by atoms with E-state index in [9.17, 15) is 8.42 Å². The van der Waals surface area contributed by atoms with Crippen molar-refractivity contribution in [1.29, 1.82) is 0 Å². The summed E-state index contributed by atoms with van der Waals surface area (Å²) in [5.41, 5.74) is 1.92. The van der Waals surface area contributed by atoms with Crippen molar-refractivity contribution < 1.29 is 8.42 Å². The first-order valence-corrected chi connectivity index (χ1v) is 8.29. The van der Waals surface area contributed by atoms with Gasteiger partial charge >= 0.3 is 0 Å². The standard InChI is InChI=1S/C13H16N2O2S2/c1-14-8-11-3-2-4-13(7-11)19(16,17)15-9-12-5-6-18-10-12/h2-7,10,14-15H,8-9H2,1H3. The molecule has 19 heavy (non-hydrogen) atoms. The van der Waals surface area contributed by atoms with E-state index in [1.165, 1.54) is 0 Å². The highest BCUT2D eigenvalue weighted by atomic mass is 32.2. The molecule has 102 valence electrons. The third-order valence-corrected chi connectivity index (χ3v) is 4.77. The van der Waals surface area contributed by atoms with E-state index in [1.54, 1.807) is 29.5 Å². The molecule has 6 heteroatoms. The van der Waals surface area contributed by atoms with Crippen LogP contribution in [0.3, 0.4) is 0 Å². The molecular weight excluding hydrogens is 280 g/mol. The minimum atomic E-state index is -3.45. The van der Waals surface area contributed by atoms with Crippen molar-refractivity contribution in [2.24, 2.45) is 0 Å². The summed E-state index contributed by atoms with van der Waals surface area (Å²) >= 11 is 1.55. The molecular formula is C13H16N2O2S2. The maximum absolute atomic E-state index is 12.2. The van der Waals surface area contributed by atoms with Crippen LogP contribution in [0.15, 0.2) is 46.0 Å². The first-order chi connectivity index (χ1) is 9.12. The lowest BCUT2D eigenvalue weighted by Crippen LogP contribution is -2.23. The molecule has 0 spiro atoms. The fraction of sp³-hybridized carbons (Fsp3) is 0.231. The van der Waals surface area contributed by atoms with Gasteiger partial charge in [-0.2, -0.15) is 11.3 Å². The normalized spacial score (nSPS) is 11.6. The van der Waals surface area contributed by atoms with Gasteiger partial charge in [0.2, 0.25) is 10.0 Å². The van der Waals surface area contributed by atoms with Gasteiger partial charge in [-0.05, 0) is 47.1 Å². The highest BCUT2D eigenvalue weighted by Gasteiger charge is 2.13. The molecule has 0 bridgehead atoms. The van der Waals surface area contributed by atoms with Crippen LogP contribution >= 0.6 is 11.3 Å². The summed E-state index contributed by atoms with van der Waals surface area (Å²) in [6.45, 7) is 0.968. The monoisotopic (exact) mass is 296 g/mol. The maximum atomic E-state index is 12.2. The van der Waals surface area contributed by atoms with Gasteiger partial charge < -0.3 is 5.32 Å². The summed E-state index contributed by atoms with van der Waals surface area (Å²) < 4.78 is 26.9. The van der Waals surface area contributed by atoms with Crippen molar-refractivity contribution in [1.82, 2.24) is 10.0 Å². The molecule has 0 aliphatic carbocycles. The number of benzene rings is 1. The van der Waals surface area contributed by atoms with Gasteiger partial charge in [-0.3, -0.25) is 0 Å². The van der Waals surface area contributed by atoms with Gasteiger partial charge in [0, 0.05) is 13.1 Å². The summed E-state index contributed by atoms with van der Waals surface area (Å²) in [5, 5.41) is 6.86. The lowest BCUT2D eigenvalue weighted by molar-refractivity contribution is 0.581. The van der Waals surface area contributed by atoms with Crippen LogP contribution in [0.4, 0.5) is 0 Å². The van der Waals surface area contributed by atoms with E-state index in [-0.39, 0.29) is 0 Å². The van der Waals surface area contributed by atoms with Crippen molar-refractivity contribution in [2.45, 2.75) is 18.0 Å². The average Bonchev–Trinajstić information content (AvgIpc) is 2.90. The molecule has 0 saturated heterocycles. The molecule has 0 aliphatic rings. The smallest absolute Gasteiger partial charge is 0.240 e. The van der Waals surface area contributed by atoms with Gasteiger partial charge in [0.05, 0.1) is 4.90 Å². The summed E-state index contributed by atoms with van der Waals surface area (Å²) in [4.78, 5) is 0.301. The molecule has 1 heterocycles. The summed E-state index contributed by atoms with van der Waals surface area (Å²) in [6.07, 6.45) is 0. The zero-order chi connectivity index (χ0) is 13.7. The van der Waals surface area contributed by atoms with E-state index in [4.69, 9.17) is 0 Å². The molecule has 1 aromatic heterocycles. The van der Waals surface area contributed by atoms with Crippen LogP contribution < -0.4 is 10.0 Å². The molecule has 2 N–H and O–H groups in total. The number of rotatable bonds is 6. The molecule has 0 atom stereocenters. The Balaban J connectivity index is 2.12. The molecule has 0 unspecified atom stereocenters. The van der Waals surface area contributed by atoms with Crippen molar-refractivity contribution in [3.05, 3.63) is 52.2 Å². The van der Waals surface area contributed by atoms with E-state index in [0.717, 1.165) is 11.1 Å². The third-order valence-electron chi connectivity index (χ3n) is 2.64. The van der Waals surface area contributed by atoms with Crippen LogP contribution in [0.1, 0.15) is 11.1 Å². The SMILES string of the molecule is CNCc1cccc(S(=O)(=O)NCc2ccsc2)c1. The lowest BCUT2D eigenvalue weighted by atomic mass is 10.2. The van der Waals surface area contributed by atoms with Gasteiger partial charge in [0.15, 0.2) is 0 Å². The number of hydrogen-bond donors (Lipinski definition) is 2. The van der Waals surface area contributed by atoms with Crippen molar-refractivity contribution in [3.63, 3.8) is 0 Å².